The van der Waals surface area contributed by atoms with Crippen molar-refractivity contribution in [3.05, 3.63) is 46.5 Å². The lowest BCUT2D eigenvalue weighted by atomic mass is 9.96. The summed E-state index contributed by atoms with van der Waals surface area (Å²) in [6.45, 7) is 2.21. The summed E-state index contributed by atoms with van der Waals surface area (Å²) in [5.74, 6) is 2.18. The number of halogens is 1. The zero-order chi connectivity index (χ0) is 18.0. The molecule has 0 N–H and O–H groups in total. The maximum atomic E-state index is 12.8. The molecule has 1 aromatic carbocycles. The molecular formula is C18H24ClN5O. The van der Waals surface area contributed by atoms with Crippen LogP contribution in [0.5, 0.6) is 0 Å². The number of aromatic nitrogens is 3. The summed E-state index contributed by atoms with van der Waals surface area (Å²) >= 11 is 5.91. The molecule has 0 radical (unpaired) electrons. The monoisotopic (exact) mass is 361 g/mol. The predicted octanol–water partition coefficient (Wildman–Crippen LogP) is 2.55. The fourth-order valence-corrected chi connectivity index (χ4v) is 3.42. The first-order valence-electron chi connectivity index (χ1n) is 8.53. The van der Waals surface area contributed by atoms with Crippen LogP contribution in [0.25, 0.3) is 0 Å². The van der Waals surface area contributed by atoms with E-state index in [2.05, 4.69) is 19.7 Å². The lowest BCUT2D eigenvalue weighted by Crippen LogP contribution is -2.39. The number of likely N-dealkylation sites (tertiary alicyclic amines) is 1. The average molecular weight is 362 g/mol. The predicted molar refractivity (Wildman–Crippen MR) is 97.7 cm³/mol. The number of carbonyl (C=O) groups excluding carboxylic acids is 1. The van der Waals surface area contributed by atoms with Gasteiger partial charge >= 0.3 is 0 Å². The smallest absolute Gasteiger partial charge is 0.253 e. The molecule has 3 rings (SSSR count). The lowest BCUT2D eigenvalue weighted by molar-refractivity contribution is 0.0703. The van der Waals surface area contributed by atoms with Crippen molar-refractivity contribution in [3.63, 3.8) is 0 Å². The summed E-state index contributed by atoms with van der Waals surface area (Å²) in [7, 11) is 6.04. The molecule has 0 bridgehead atoms. The zero-order valence-electron chi connectivity index (χ0n) is 14.9. The molecule has 0 saturated carbocycles. The third kappa shape index (κ3) is 4.02. The molecule has 1 fully saturated rings. The van der Waals surface area contributed by atoms with Crippen molar-refractivity contribution in [1.29, 1.82) is 0 Å². The molecule has 1 aliphatic rings. The Labute approximate surface area is 153 Å². The van der Waals surface area contributed by atoms with Crippen molar-refractivity contribution in [2.75, 3.05) is 27.2 Å². The van der Waals surface area contributed by atoms with E-state index in [1.165, 1.54) is 0 Å². The van der Waals surface area contributed by atoms with Crippen LogP contribution in [-0.4, -0.2) is 57.7 Å². The van der Waals surface area contributed by atoms with Gasteiger partial charge in [0.2, 0.25) is 0 Å². The Morgan fingerprint density at radius 3 is 2.68 bits per heavy atom. The van der Waals surface area contributed by atoms with Crippen molar-refractivity contribution in [2.45, 2.75) is 25.3 Å². The number of nitrogens with zero attached hydrogens (tertiary/aromatic N) is 5. The van der Waals surface area contributed by atoms with Crippen LogP contribution in [0.3, 0.4) is 0 Å². The SMILES string of the molecule is CN(C)Cc1nnc(C2CCCN(C(=O)c3ccc(Cl)cc3)C2)n1C. The van der Waals surface area contributed by atoms with Crippen LogP contribution in [0.2, 0.25) is 5.02 Å². The standard InChI is InChI=1S/C18H24ClN5O/c1-22(2)12-16-20-21-17(23(16)3)14-5-4-10-24(11-14)18(25)13-6-8-15(19)9-7-13/h6-9,14H,4-5,10-12H2,1-3H3. The minimum absolute atomic E-state index is 0.0528. The Bertz CT molecular complexity index is 740. The molecular weight excluding hydrogens is 338 g/mol. The third-order valence-electron chi connectivity index (χ3n) is 4.62. The molecule has 7 heteroatoms. The van der Waals surface area contributed by atoms with Crippen LogP contribution in [0.15, 0.2) is 24.3 Å². The number of carbonyl (C=O) groups is 1. The van der Waals surface area contributed by atoms with Crippen molar-refractivity contribution in [3.8, 4) is 0 Å². The minimum Gasteiger partial charge on any atom is -0.338 e. The number of rotatable bonds is 4. The van der Waals surface area contributed by atoms with E-state index in [9.17, 15) is 4.79 Å². The van der Waals surface area contributed by atoms with Gasteiger partial charge in [0, 0.05) is 36.6 Å². The van der Waals surface area contributed by atoms with Gasteiger partial charge in [-0.1, -0.05) is 11.6 Å². The van der Waals surface area contributed by atoms with Gasteiger partial charge in [0.25, 0.3) is 5.91 Å². The number of piperidine rings is 1. The third-order valence-corrected chi connectivity index (χ3v) is 4.87. The molecule has 2 heterocycles. The summed E-state index contributed by atoms with van der Waals surface area (Å²) < 4.78 is 2.07. The summed E-state index contributed by atoms with van der Waals surface area (Å²) in [6.07, 6.45) is 2.00. The Morgan fingerprint density at radius 1 is 1.28 bits per heavy atom. The average Bonchev–Trinajstić information content (AvgIpc) is 2.95. The summed E-state index contributed by atoms with van der Waals surface area (Å²) in [6, 6.07) is 7.08. The van der Waals surface area contributed by atoms with Gasteiger partial charge in [0.15, 0.2) is 0 Å². The normalized spacial score (nSPS) is 18.0. The topological polar surface area (TPSA) is 54.3 Å². The molecule has 1 saturated heterocycles. The second-order valence-electron chi connectivity index (χ2n) is 6.87. The molecule has 1 atom stereocenters. The fourth-order valence-electron chi connectivity index (χ4n) is 3.30. The van der Waals surface area contributed by atoms with E-state index >= 15 is 0 Å². The number of amides is 1. The number of hydrogen-bond acceptors (Lipinski definition) is 4. The van der Waals surface area contributed by atoms with Gasteiger partial charge in [-0.2, -0.15) is 0 Å². The molecule has 2 aromatic rings. The first-order valence-corrected chi connectivity index (χ1v) is 8.91. The van der Waals surface area contributed by atoms with E-state index in [0.717, 1.165) is 37.6 Å². The van der Waals surface area contributed by atoms with Crippen LogP contribution in [-0.2, 0) is 13.6 Å². The van der Waals surface area contributed by atoms with Gasteiger partial charge < -0.3 is 14.4 Å². The van der Waals surface area contributed by atoms with Crippen LogP contribution < -0.4 is 0 Å². The fraction of sp³-hybridized carbons (Fsp3) is 0.500. The van der Waals surface area contributed by atoms with Gasteiger partial charge in [-0.3, -0.25) is 4.79 Å². The summed E-state index contributed by atoms with van der Waals surface area (Å²) in [4.78, 5) is 16.7. The van der Waals surface area contributed by atoms with Crippen molar-refractivity contribution >= 4 is 17.5 Å². The molecule has 1 aromatic heterocycles. The van der Waals surface area contributed by atoms with Crippen molar-refractivity contribution < 1.29 is 4.79 Å². The van der Waals surface area contributed by atoms with Gasteiger partial charge in [-0.25, -0.2) is 0 Å². The highest BCUT2D eigenvalue weighted by Gasteiger charge is 2.28. The quantitative estimate of drug-likeness (QED) is 0.839. The van der Waals surface area contributed by atoms with Crippen LogP contribution in [0.1, 0.15) is 40.8 Å². The molecule has 1 aliphatic heterocycles. The minimum atomic E-state index is 0.0528. The maximum Gasteiger partial charge on any atom is 0.253 e. The Kier molecular flexibility index (Phi) is 5.39. The Hall–Kier alpha value is -1.92. The lowest BCUT2D eigenvalue weighted by Gasteiger charge is -2.32. The number of benzene rings is 1. The molecule has 6 nitrogen and oxygen atoms in total. The van der Waals surface area contributed by atoms with E-state index < -0.39 is 0 Å². The van der Waals surface area contributed by atoms with E-state index in [1.54, 1.807) is 24.3 Å². The van der Waals surface area contributed by atoms with Crippen LogP contribution >= 0.6 is 11.6 Å². The van der Waals surface area contributed by atoms with Gasteiger partial charge in [0.1, 0.15) is 11.6 Å². The zero-order valence-corrected chi connectivity index (χ0v) is 15.7. The van der Waals surface area contributed by atoms with Gasteiger partial charge in [0.05, 0.1) is 6.54 Å². The van der Waals surface area contributed by atoms with E-state index in [-0.39, 0.29) is 11.8 Å². The van der Waals surface area contributed by atoms with E-state index in [1.807, 2.05) is 26.0 Å². The Morgan fingerprint density at radius 2 is 2.00 bits per heavy atom. The number of hydrogen-bond donors (Lipinski definition) is 0. The van der Waals surface area contributed by atoms with E-state index in [0.29, 0.717) is 17.1 Å². The van der Waals surface area contributed by atoms with Crippen molar-refractivity contribution in [1.82, 2.24) is 24.6 Å². The molecule has 25 heavy (non-hydrogen) atoms. The largest absolute Gasteiger partial charge is 0.338 e. The second kappa shape index (κ2) is 7.54. The molecule has 0 aliphatic carbocycles. The molecule has 134 valence electrons. The van der Waals surface area contributed by atoms with Crippen LogP contribution in [0, 0.1) is 0 Å². The highest BCUT2D eigenvalue weighted by atomic mass is 35.5. The maximum absolute atomic E-state index is 12.8. The molecule has 1 amide bonds. The molecule has 1 unspecified atom stereocenters. The summed E-state index contributed by atoms with van der Waals surface area (Å²) in [5, 5.41) is 9.36. The van der Waals surface area contributed by atoms with Gasteiger partial charge in [-0.15, -0.1) is 10.2 Å². The van der Waals surface area contributed by atoms with Gasteiger partial charge in [-0.05, 0) is 51.2 Å². The molecule has 0 spiro atoms. The first-order chi connectivity index (χ1) is 12.0. The van der Waals surface area contributed by atoms with Crippen molar-refractivity contribution in [2.24, 2.45) is 7.05 Å². The van der Waals surface area contributed by atoms with Crippen LogP contribution in [0.4, 0.5) is 0 Å². The summed E-state index contributed by atoms with van der Waals surface area (Å²) in [5.41, 5.74) is 0.677. The Balaban J connectivity index is 1.74. The van der Waals surface area contributed by atoms with E-state index in [4.69, 9.17) is 11.6 Å². The first kappa shape index (κ1) is 17.9. The highest BCUT2D eigenvalue weighted by Crippen LogP contribution is 2.27. The highest BCUT2D eigenvalue weighted by molar-refractivity contribution is 6.30. The second-order valence-corrected chi connectivity index (χ2v) is 7.30.